The average molecular weight is 235 g/mol. The number of carbonyl (C=O) groups excluding carboxylic acids is 1. The first kappa shape index (κ1) is 13.6. The summed E-state index contributed by atoms with van der Waals surface area (Å²) < 4.78 is 0. The third kappa shape index (κ3) is 4.95. The second-order valence-corrected chi connectivity index (χ2v) is 4.68. The maximum atomic E-state index is 10.8. The zero-order valence-corrected chi connectivity index (χ0v) is 10.7. The molecule has 0 fully saturated rings. The standard InChI is InChI=1S/C13H21N3O/c1-9(2)16-10(3)4-5-11-6-7-12(13(14)17)15-8-11/h6-10,16H,4-5H2,1-3H3,(H2,14,17). The Kier molecular flexibility index (Phi) is 5.10. The van der Waals surface area contributed by atoms with Crippen LogP contribution in [0, 0.1) is 0 Å². The van der Waals surface area contributed by atoms with E-state index in [4.69, 9.17) is 5.73 Å². The molecule has 0 aromatic carbocycles. The Morgan fingerprint density at radius 3 is 2.59 bits per heavy atom. The molecule has 0 spiro atoms. The number of hydrogen-bond acceptors (Lipinski definition) is 3. The van der Waals surface area contributed by atoms with Crippen molar-refractivity contribution in [1.29, 1.82) is 0 Å². The second kappa shape index (κ2) is 6.35. The molecule has 1 amide bonds. The van der Waals surface area contributed by atoms with Gasteiger partial charge in [-0.3, -0.25) is 9.78 Å². The van der Waals surface area contributed by atoms with E-state index in [1.54, 1.807) is 12.3 Å². The zero-order chi connectivity index (χ0) is 12.8. The van der Waals surface area contributed by atoms with Crippen LogP contribution in [-0.2, 0) is 6.42 Å². The summed E-state index contributed by atoms with van der Waals surface area (Å²) in [4.78, 5) is 14.9. The lowest BCUT2D eigenvalue weighted by Crippen LogP contribution is -2.32. The molecule has 1 aromatic rings. The minimum absolute atomic E-state index is 0.321. The number of rotatable bonds is 6. The Bertz CT molecular complexity index is 359. The van der Waals surface area contributed by atoms with Crippen LogP contribution in [0.15, 0.2) is 18.3 Å². The summed E-state index contributed by atoms with van der Waals surface area (Å²) in [5.74, 6) is -0.480. The maximum absolute atomic E-state index is 10.8. The number of pyridine rings is 1. The van der Waals surface area contributed by atoms with E-state index >= 15 is 0 Å². The molecule has 0 bridgehead atoms. The van der Waals surface area contributed by atoms with Crippen LogP contribution in [0.25, 0.3) is 0 Å². The van der Waals surface area contributed by atoms with Crippen molar-refractivity contribution in [1.82, 2.24) is 10.3 Å². The molecule has 1 unspecified atom stereocenters. The lowest BCUT2D eigenvalue weighted by atomic mass is 10.1. The van der Waals surface area contributed by atoms with Crippen molar-refractivity contribution in [3.8, 4) is 0 Å². The van der Waals surface area contributed by atoms with E-state index in [1.807, 2.05) is 6.07 Å². The molecule has 1 atom stereocenters. The van der Waals surface area contributed by atoms with Crippen LogP contribution in [0.4, 0.5) is 0 Å². The Balaban J connectivity index is 2.44. The van der Waals surface area contributed by atoms with E-state index < -0.39 is 5.91 Å². The SMILES string of the molecule is CC(C)NC(C)CCc1ccc(C(N)=O)nc1. The molecule has 1 aromatic heterocycles. The van der Waals surface area contributed by atoms with Gasteiger partial charge in [-0.1, -0.05) is 19.9 Å². The Labute approximate surface area is 103 Å². The van der Waals surface area contributed by atoms with Crippen LogP contribution in [0.2, 0.25) is 0 Å². The van der Waals surface area contributed by atoms with Crippen molar-refractivity contribution >= 4 is 5.91 Å². The number of carbonyl (C=O) groups is 1. The van der Waals surface area contributed by atoms with E-state index in [2.05, 4.69) is 31.1 Å². The lowest BCUT2D eigenvalue weighted by Gasteiger charge is -2.16. The molecule has 3 N–H and O–H groups in total. The monoisotopic (exact) mass is 235 g/mol. The van der Waals surface area contributed by atoms with E-state index in [0.717, 1.165) is 18.4 Å². The fourth-order valence-electron chi connectivity index (χ4n) is 1.75. The normalized spacial score (nSPS) is 12.7. The fourth-order valence-corrected chi connectivity index (χ4v) is 1.75. The molecule has 94 valence electrons. The fraction of sp³-hybridized carbons (Fsp3) is 0.538. The highest BCUT2D eigenvalue weighted by Crippen LogP contribution is 2.05. The molecule has 1 heterocycles. The van der Waals surface area contributed by atoms with Crippen molar-refractivity contribution in [2.45, 2.75) is 45.7 Å². The molecule has 0 saturated heterocycles. The average Bonchev–Trinajstić information content (AvgIpc) is 2.26. The molecule has 4 nitrogen and oxygen atoms in total. The van der Waals surface area contributed by atoms with Crippen molar-refractivity contribution in [3.05, 3.63) is 29.6 Å². The highest BCUT2D eigenvalue weighted by Gasteiger charge is 2.05. The molecule has 0 saturated carbocycles. The third-order valence-electron chi connectivity index (χ3n) is 2.56. The first-order chi connectivity index (χ1) is 7.99. The smallest absolute Gasteiger partial charge is 0.267 e. The summed E-state index contributed by atoms with van der Waals surface area (Å²) in [5, 5.41) is 3.45. The van der Waals surface area contributed by atoms with E-state index in [1.165, 1.54) is 0 Å². The number of nitrogens with two attached hydrogens (primary N) is 1. The summed E-state index contributed by atoms with van der Waals surface area (Å²) in [6.45, 7) is 6.45. The predicted octanol–water partition coefficient (Wildman–Crippen LogP) is 1.50. The highest BCUT2D eigenvalue weighted by molar-refractivity contribution is 5.90. The molecule has 17 heavy (non-hydrogen) atoms. The first-order valence-electron chi connectivity index (χ1n) is 6.00. The molecule has 0 aliphatic rings. The van der Waals surface area contributed by atoms with Crippen LogP contribution >= 0.6 is 0 Å². The summed E-state index contributed by atoms with van der Waals surface area (Å²) in [6.07, 6.45) is 3.73. The van der Waals surface area contributed by atoms with Crippen LogP contribution in [0.3, 0.4) is 0 Å². The first-order valence-corrected chi connectivity index (χ1v) is 6.00. The number of aromatic nitrogens is 1. The van der Waals surface area contributed by atoms with E-state index in [-0.39, 0.29) is 0 Å². The lowest BCUT2D eigenvalue weighted by molar-refractivity contribution is 0.0995. The van der Waals surface area contributed by atoms with E-state index in [9.17, 15) is 4.79 Å². The van der Waals surface area contributed by atoms with Gasteiger partial charge in [-0.25, -0.2) is 0 Å². The minimum Gasteiger partial charge on any atom is -0.364 e. The molecule has 0 aliphatic carbocycles. The van der Waals surface area contributed by atoms with Crippen molar-refractivity contribution < 1.29 is 4.79 Å². The van der Waals surface area contributed by atoms with Crippen LogP contribution in [0.5, 0.6) is 0 Å². The number of aryl methyl sites for hydroxylation is 1. The van der Waals surface area contributed by atoms with Gasteiger partial charge in [-0.2, -0.15) is 0 Å². The molecular formula is C13H21N3O. The van der Waals surface area contributed by atoms with Crippen LogP contribution in [0.1, 0.15) is 43.2 Å². The summed E-state index contributed by atoms with van der Waals surface area (Å²) in [5.41, 5.74) is 6.58. The quantitative estimate of drug-likeness (QED) is 0.785. The van der Waals surface area contributed by atoms with Gasteiger partial charge in [0.2, 0.25) is 0 Å². The zero-order valence-electron chi connectivity index (χ0n) is 10.7. The number of primary amides is 1. The maximum Gasteiger partial charge on any atom is 0.267 e. The molecular weight excluding hydrogens is 214 g/mol. The minimum atomic E-state index is -0.480. The largest absolute Gasteiger partial charge is 0.364 e. The summed E-state index contributed by atoms with van der Waals surface area (Å²) >= 11 is 0. The molecule has 0 aliphatic heterocycles. The van der Waals surface area contributed by atoms with Gasteiger partial charge >= 0.3 is 0 Å². The molecule has 1 rings (SSSR count). The Morgan fingerprint density at radius 2 is 2.12 bits per heavy atom. The van der Waals surface area contributed by atoms with Gasteiger partial charge < -0.3 is 11.1 Å². The Hall–Kier alpha value is -1.42. The number of amides is 1. The summed E-state index contributed by atoms with van der Waals surface area (Å²) in [6, 6.07) is 4.57. The number of nitrogens with one attached hydrogen (secondary N) is 1. The predicted molar refractivity (Wildman–Crippen MR) is 68.8 cm³/mol. The summed E-state index contributed by atoms with van der Waals surface area (Å²) in [7, 11) is 0. The second-order valence-electron chi connectivity index (χ2n) is 4.68. The van der Waals surface area contributed by atoms with Gasteiger partial charge in [0.15, 0.2) is 0 Å². The van der Waals surface area contributed by atoms with Crippen LogP contribution in [-0.4, -0.2) is 23.0 Å². The van der Waals surface area contributed by atoms with Gasteiger partial charge in [-0.15, -0.1) is 0 Å². The van der Waals surface area contributed by atoms with E-state index in [0.29, 0.717) is 17.8 Å². The molecule has 4 heteroatoms. The van der Waals surface area contributed by atoms with Crippen molar-refractivity contribution in [2.75, 3.05) is 0 Å². The highest BCUT2D eigenvalue weighted by atomic mass is 16.1. The van der Waals surface area contributed by atoms with Crippen molar-refractivity contribution in [3.63, 3.8) is 0 Å². The number of hydrogen-bond donors (Lipinski definition) is 2. The van der Waals surface area contributed by atoms with Gasteiger partial charge in [0.25, 0.3) is 5.91 Å². The molecule has 0 radical (unpaired) electrons. The topological polar surface area (TPSA) is 68.0 Å². The van der Waals surface area contributed by atoms with Gasteiger partial charge in [0.05, 0.1) is 0 Å². The van der Waals surface area contributed by atoms with Gasteiger partial charge in [0, 0.05) is 18.3 Å². The Morgan fingerprint density at radius 1 is 1.41 bits per heavy atom. The van der Waals surface area contributed by atoms with Crippen LogP contribution < -0.4 is 11.1 Å². The van der Waals surface area contributed by atoms with Gasteiger partial charge in [0.1, 0.15) is 5.69 Å². The third-order valence-corrected chi connectivity index (χ3v) is 2.56. The van der Waals surface area contributed by atoms with Crippen molar-refractivity contribution in [2.24, 2.45) is 5.73 Å². The van der Waals surface area contributed by atoms with Gasteiger partial charge in [-0.05, 0) is 31.4 Å². The number of nitrogens with zero attached hydrogens (tertiary/aromatic N) is 1.